The average molecular weight is 450 g/mol. The van der Waals surface area contributed by atoms with Crippen LogP contribution in [0.5, 0.6) is 0 Å². The van der Waals surface area contributed by atoms with Gasteiger partial charge in [-0.15, -0.1) is 0 Å². The van der Waals surface area contributed by atoms with Crippen LogP contribution < -0.4 is 10.2 Å². The molecule has 172 valence electrons. The summed E-state index contributed by atoms with van der Waals surface area (Å²) in [5, 5.41) is 6.76. The summed E-state index contributed by atoms with van der Waals surface area (Å²) in [6.45, 7) is 3.10. The van der Waals surface area contributed by atoms with Crippen molar-refractivity contribution in [2.24, 2.45) is 0 Å². The summed E-state index contributed by atoms with van der Waals surface area (Å²) in [7, 11) is 1.60. The van der Waals surface area contributed by atoms with Gasteiger partial charge in [0.25, 0.3) is 0 Å². The van der Waals surface area contributed by atoms with E-state index >= 15 is 0 Å². The number of anilines is 2. The van der Waals surface area contributed by atoms with Gasteiger partial charge in [0.05, 0.1) is 19.8 Å². The molecule has 0 atom stereocenters. The number of hydrogen-bond acceptors (Lipinski definition) is 8. The van der Waals surface area contributed by atoms with E-state index in [2.05, 4.69) is 25.3 Å². The predicted molar refractivity (Wildman–Crippen MR) is 122 cm³/mol. The van der Waals surface area contributed by atoms with Gasteiger partial charge in [-0.05, 0) is 36.4 Å². The van der Waals surface area contributed by atoms with Crippen LogP contribution in [0.2, 0.25) is 0 Å². The van der Waals surface area contributed by atoms with Crippen LogP contribution in [0.3, 0.4) is 0 Å². The summed E-state index contributed by atoms with van der Waals surface area (Å²) >= 11 is 0. The van der Waals surface area contributed by atoms with Crippen molar-refractivity contribution in [3.8, 4) is 11.4 Å². The molecule has 10 nitrogen and oxygen atoms in total. The van der Waals surface area contributed by atoms with Crippen LogP contribution in [0.4, 0.5) is 11.4 Å². The van der Waals surface area contributed by atoms with Crippen molar-refractivity contribution in [2.45, 2.75) is 12.8 Å². The summed E-state index contributed by atoms with van der Waals surface area (Å²) < 4.78 is 10.6. The number of rotatable bonds is 8. The fourth-order valence-electron chi connectivity index (χ4n) is 3.46. The third kappa shape index (κ3) is 6.13. The van der Waals surface area contributed by atoms with Gasteiger partial charge in [0.15, 0.2) is 0 Å². The normalized spacial score (nSPS) is 13.5. The van der Waals surface area contributed by atoms with Crippen molar-refractivity contribution in [1.82, 2.24) is 20.0 Å². The smallest absolute Gasteiger partial charge is 0.243 e. The van der Waals surface area contributed by atoms with Crippen LogP contribution in [0.15, 0.2) is 53.3 Å². The van der Waals surface area contributed by atoms with Crippen molar-refractivity contribution in [1.29, 1.82) is 0 Å². The number of benzene rings is 1. The largest absolute Gasteiger partial charge is 0.378 e. The Morgan fingerprint density at radius 2 is 1.82 bits per heavy atom. The minimum Gasteiger partial charge on any atom is -0.378 e. The molecule has 10 heteroatoms. The number of hydrogen-bond donors (Lipinski definition) is 1. The highest BCUT2D eigenvalue weighted by atomic mass is 16.5. The van der Waals surface area contributed by atoms with Crippen molar-refractivity contribution in [3.63, 3.8) is 0 Å². The predicted octanol–water partition coefficient (Wildman–Crippen LogP) is 2.00. The van der Waals surface area contributed by atoms with Gasteiger partial charge >= 0.3 is 0 Å². The molecule has 0 spiro atoms. The Labute approximate surface area is 191 Å². The highest BCUT2D eigenvalue weighted by molar-refractivity contribution is 5.94. The number of ether oxygens (including phenoxy) is 1. The van der Waals surface area contributed by atoms with Gasteiger partial charge in [0.1, 0.15) is 0 Å². The zero-order valence-corrected chi connectivity index (χ0v) is 18.4. The summed E-state index contributed by atoms with van der Waals surface area (Å²) in [5.41, 5.74) is 2.57. The lowest BCUT2D eigenvalue weighted by Gasteiger charge is -2.28. The van der Waals surface area contributed by atoms with Crippen molar-refractivity contribution >= 4 is 23.2 Å². The Morgan fingerprint density at radius 1 is 1.09 bits per heavy atom. The van der Waals surface area contributed by atoms with E-state index in [4.69, 9.17) is 9.26 Å². The second-order valence-corrected chi connectivity index (χ2v) is 7.69. The minimum atomic E-state index is -0.261. The number of aromatic nitrogens is 3. The van der Waals surface area contributed by atoms with Gasteiger partial charge in [-0.25, -0.2) is 0 Å². The maximum atomic E-state index is 12.4. The van der Waals surface area contributed by atoms with E-state index in [1.165, 1.54) is 4.90 Å². The monoisotopic (exact) mass is 450 g/mol. The fourth-order valence-corrected chi connectivity index (χ4v) is 3.46. The molecule has 1 saturated heterocycles. The quantitative estimate of drug-likeness (QED) is 0.554. The average Bonchev–Trinajstić information content (AvgIpc) is 3.33. The molecular formula is C23H26N6O4. The van der Waals surface area contributed by atoms with Crippen LogP contribution in [0.25, 0.3) is 11.4 Å². The van der Waals surface area contributed by atoms with E-state index in [0.29, 0.717) is 23.8 Å². The SMILES string of the molecule is CN(CC(=O)Nc1ccc(N2CCOCC2)cc1)C(=O)CCc1nc(-c2ccncc2)no1. The lowest BCUT2D eigenvalue weighted by atomic mass is 10.2. The topological polar surface area (TPSA) is 114 Å². The van der Waals surface area contributed by atoms with Gasteiger partial charge < -0.3 is 24.4 Å². The Morgan fingerprint density at radius 3 is 2.55 bits per heavy atom. The lowest BCUT2D eigenvalue weighted by molar-refractivity contribution is -0.133. The molecule has 4 rings (SSSR count). The molecule has 2 aromatic heterocycles. The first kappa shape index (κ1) is 22.4. The first-order chi connectivity index (χ1) is 16.1. The molecular weight excluding hydrogens is 424 g/mol. The first-order valence-electron chi connectivity index (χ1n) is 10.8. The number of morpholine rings is 1. The van der Waals surface area contributed by atoms with Gasteiger partial charge in [-0.1, -0.05) is 5.16 Å². The Hall–Kier alpha value is -3.79. The fraction of sp³-hybridized carbons (Fsp3) is 0.348. The van der Waals surface area contributed by atoms with E-state index in [9.17, 15) is 9.59 Å². The summed E-state index contributed by atoms with van der Waals surface area (Å²) in [4.78, 5) is 36.7. The molecule has 2 amide bonds. The number of nitrogens with zero attached hydrogens (tertiary/aromatic N) is 5. The molecule has 0 saturated carbocycles. The van der Waals surface area contributed by atoms with Crippen LogP contribution in [-0.2, 0) is 20.7 Å². The van der Waals surface area contributed by atoms with Crippen molar-refractivity contribution in [2.75, 3.05) is 50.1 Å². The third-order valence-electron chi connectivity index (χ3n) is 5.29. The number of carbonyl (C=O) groups is 2. The highest BCUT2D eigenvalue weighted by Crippen LogP contribution is 2.19. The summed E-state index contributed by atoms with van der Waals surface area (Å²) in [6, 6.07) is 11.2. The molecule has 1 N–H and O–H groups in total. The standard InChI is InChI=1S/C23H26N6O4/c1-28(22(31)7-6-21-26-23(27-33-21)17-8-10-24-11-9-17)16-20(30)25-18-2-4-19(5-3-18)29-12-14-32-15-13-29/h2-5,8-11H,6-7,12-16H2,1H3,(H,25,30). The van der Waals surface area contributed by atoms with Crippen LogP contribution in [0, 0.1) is 0 Å². The second kappa shape index (κ2) is 10.7. The number of pyridine rings is 1. The first-order valence-corrected chi connectivity index (χ1v) is 10.8. The van der Waals surface area contributed by atoms with E-state index < -0.39 is 0 Å². The molecule has 1 fully saturated rings. The Balaban J connectivity index is 1.22. The van der Waals surface area contributed by atoms with Crippen LogP contribution >= 0.6 is 0 Å². The van der Waals surface area contributed by atoms with Gasteiger partial charge in [0, 0.05) is 62.3 Å². The summed E-state index contributed by atoms with van der Waals surface area (Å²) in [6.07, 6.45) is 3.75. The molecule has 0 unspecified atom stereocenters. The van der Waals surface area contributed by atoms with E-state index in [1.54, 1.807) is 31.6 Å². The molecule has 1 aliphatic heterocycles. The van der Waals surface area contributed by atoms with E-state index in [1.807, 2.05) is 24.3 Å². The van der Waals surface area contributed by atoms with Crippen LogP contribution in [-0.4, -0.2) is 71.7 Å². The maximum absolute atomic E-state index is 12.4. The van der Waals surface area contributed by atoms with Crippen molar-refractivity contribution < 1.29 is 18.8 Å². The number of aryl methyl sites for hydroxylation is 1. The Kier molecular flexibility index (Phi) is 7.26. The molecule has 3 aromatic rings. The van der Waals surface area contributed by atoms with Gasteiger partial charge in [-0.3, -0.25) is 14.6 Å². The van der Waals surface area contributed by atoms with Gasteiger partial charge in [-0.2, -0.15) is 4.98 Å². The third-order valence-corrected chi connectivity index (χ3v) is 5.29. The van der Waals surface area contributed by atoms with Crippen molar-refractivity contribution in [3.05, 3.63) is 54.7 Å². The maximum Gasteiger partial charge on any atom is 0.243 e. The van der Waals surface area contributed by atoms with E-state index in [0.717, 1.165) is 37.6 Å². The highest BCUT2D eigenvalue weighted by Gasteiger charge is 2.16. The van der Waals surface area contributed by atoms with Gasteiger partial charge in [0.2, 0.25) is 23.5 Å². The molecule has 1 aliphatic rings. The summed E-state index contributed by atoms with van der Waals surface area (Å²) in [5.74, 6) is 0.375. The number of nitrogens with one attached hydrogen (secondary N) is 1. The molecule has 1 aromatic carbocycles. The number of likely N-dealkylation sites (N-methyl/N-ethyl adjacent to an activating group) is 1. The number of amides is 2. The molecule has 3 heterocycles. The zero-order valence-electron chi connectivity index (χ0n) is 18.4. The molecule has 0 aliphatic carbocycles. The number of carbonyl (C=O) groups excluding carboxylic acids is 2. The Bertz CT molecular complexity index is 1060. The van der Waals surface area contributed by atoms with E-state index in [-0.39, 0.29) is 24.8 Å². The molecule has 0 radical (unpaired) electrons. The molecule has 33 heavy (non-hydrogen) atoms. The van der Waals surface area contributed by atoms with Crippen LogP contribution in [0.1, 0.15) is 12.3 Å². The zero-order chi connectivity index (χ0) is 23.0. The second-order valence-electron chi connectivity index (χ2n) is 7.69. The lowest BCUT2D eigenvalue weighted by Crippen LogP contribution is -2.36. The molecule has 0 bridgehead atoms. The minimum absolute atomic E-state index is 0.0455.